The molecule has 0 saturated carbocycles. The quantitative estimate of drug-likeness (QED) is 0.573. The molecule has 2 atom stereocenters. The smallest absolute Gasteiger partial charge is 0.337 e. The van der Waals surface area contributed by atoms with E-state index in [1.54, 1.807) is 13.8 Å². The molecule has 14 heavy (non-hydrogen) atoms. The van der Waals surface area contributed by atoms with Crippen LogP contribution in [-0.4, -0.2) is 47.6 Å². The number of ether oxygens (including phenoxy) is 3. The van der Waals surface area contributed by atoms with E-state index in [9.17, 15) is 15.0 Å². The highest BCUT2D eigenvalue weighted by Gasteiger charge is 2.40. The van der Waals surface area contributed by atoms with Crippen LogP contribution in [0, 0.1) is 0 Å². The van der Waals surface area contributed by atoms with E-state index in [0.29, 0.717) is 0 Å². The summed E-state index contributed by atoms with van der Waals surface area (Å²) < 4.78 is 14.3. The zero-order chi connectivity index (χ0) is 10.7. The molecule has 0 amide bonds. The third kappa shape index (κ3) is 2.42. The molecule has 0 spiro atoms. The van der Waals surface area contributed by atoms with Crippen molar-refractivity contribution in [2.24, 2.45) is 0 Å². The SMILES string of the molecule is CCOC(=O)[C@@H](O)[C@H](O)C1OC(C)O1. The Hall–Kier alpha value is -0.690. The Kier molecular flexibility index (Phi) is 3.82. The van der Waals surface area contributed by atoms with Crippen molar-refractivity contribution in [3.63, 3.8) is 0 Å². The molecule has 6 nitrogen and oxygen atoms in total. The Morgan fingerprint density at radius 1 is 1.50 bits per heavy atom. The zero-order valence-electron chi connectivity index (χ0n) is 8.04. The van der Waals surface area contributed by atoms with Gasteiger partial charge in [0.2, 0.25) is 0 Å². The van der Waals surface area contributed by atoms with Crippen LogP contribution in [0.15, 0.2) is 0 Å². The lowest BCUT2D eigenvalue weighted by atomic mass is 10.2. The third-order valence-corrected chi connectivity index (χ3v) is 1.78. The number of esters is 1. The second-order valence-corrected chi connectivity index (χ2v) is 2.90. The van der Waals surface area contributed by atoms with Crippen LogP contribution in [0.2, 0.25) is 0 Å². The first-order chi connectivity index (χ1) is 6.56. The van der Waals surface area contributed by atoms with E-state index in [-0.39, 0.29) is 6.61 Å². The van der Waals surface area contributed by atoms with Crippen molar-refractivity contribution in [1.29, 1.82) is 0 Å². The van der Waals surface area contributed by atoms with E-state index >= 15 is 0 Å². The first kappa shape index (κ1) is 11.4. The van der Waals surface area contributed by atoms with Gasteiger partial charge in [0.15, 0.2) is 18.7 Å². The number of rotatable bonds is 4. The fourth-order valence-electron chi connectivity index (χ4n) is 1.06. The second-order valence-electron chi connectivity index (χ2n) is 2.90. The molecule has 1 fully saturated rings. The lowest BCUT2D eigenvalue weighted by Crippen LogP contribution is -2.53. The maximum Gasteiger partial charge on any atom is 0.337 e. The maximum absolute atomic E-state index is 11.0. The van der Waals surface area contributed by atoms with Gasteiger partial charge < -0.3 is 24.4 Å². The number of carbonyl (C=O) groups excluding carboxylic acids is 1. The molecule has 0 radical (unpaired) electrons. The third-order valence-electron chi connectivity index (χ3n) is 1.78. The molecule has 0 aromatic heterocycles. The van der Waals surface area contributed by atoms with Crippen LogP contribution in [0.4, 0.5) is 0 Å². The fraction of sp³-hybridized carbons (Fsp3) is 0.875. The lowest BCUT2D eigenvalue weighted by molar-refractivity contribution is -0.403. The van der Waals surface area contributed by atoms with Gasteiger partial charge in [-0.3, -0.25) is 0 Å². The lowest BCUT2D eigenvalue weighted by Gasteiger charge is -2.37. The van der Waals surface area contributed by atoms with E-state index in [0.717, 1.165) is 0 Å². The van der Waals surface area contributed by atoms with Crippen LogP contribution >= 0.6 is 0 Å². The highest BCUT2D eigenvalue weighted by atomic mass is 16.9. The van der Waals surface area contributed by atoms with E-state index in [4.69, 9.17) is 9.47 Å². The van der Waals surface area contributed by atoms with Gasteiger partial charge in [0.25, 0.3) is 0 Å². The van der Waals surface area contributed by atoms with Crippen molar-refractivity contribution < 1.29 is 29.2 Å². The van der Waals surface area contributed by atoms with Gasteiger partial charge in [-0.2, -0.15) is 0 Å². The van der Waals surface area contributed by atoms with Crippen molar-refractivity contribution in [2.75, 3.05) is 6.61 Å². The van der Waals surface area contributed by atoms with Crippen molar-refractivity contribution in [3.8, 4) is 0 Å². The molecule has 1 aliphatic rings. The van der Waals surface area contributed by atoms with Gasteiger partial charge >= 0.3 is 5.97 Å². The Balaban J connectivity index is 2.36. The highest BCUT2D eigenvalue weighted by Crippen LogP contribution is 2.21. The predicted molar refractivity (Wildman–Crippen MR) is 44.1 cm³/mol. The van der Waals surface area contributed by atoms with Crippen LogP contribution < -0.4 is 0 Å². The number of hydrogen-bond donors (Lipinski definition) is 2. The molecule has 1 saturated heterocycles. The normalized spacial score (nSPS) is 30.3. The second kappa shape index (κ2) is 4.70. The monoisotopic (exact) mass is 206 g/mol. The summed E-state index contributed by atoms with van der Waals surface area (Å²) in [6.07, 6.45) is -4.41. The largest absolute Gasteiger partial charge is 0.464 e. The van der Waals surface area contributed by atoms with Gasteiger partial charge in [0.1, 0.15) is 6.10 Å². The Labute approximate surface area is 81.4 Å². The van der Waals surface area contributed by atoms with Crippen molar-refractivity contribution in [1.82, 2.24) is 0 Å². The Morgan fingerprint density at radius 3 is 2.50 bits per heavy atom. The Bertz CT molecular complexity index is 200. The van der Waals surface area contributed by atoms with E-state index in [2.05, 4.69) is 4.74 Å². The first-order valence-electron chi connectivity index (χ1n) is 4.40. The molecule has 2 N–H and O–H groups in total. The minimum Gasteiger partial charge on any atom is -0.464 e. The van der Waals surface area contributed by atoms with Gasteiger partial charge in [0.05, 0.1) is 6.61 Å². The molecule has 1 heterocycles. The van der Waals surface area contributed by atoms with Crippen LogP contribution in [0.1, 0.15) is 13.8 Å². The molecule has 0 bridgehead atoms. The van der Waals surface area contributed by atoms with Gasteiger partial charge in [-0.1, -0.05) is 0 Å². The summed E-state index contributed by atoms with van der Waals surface area (Å²) in [4.78, 5) is 11.0. The molecule has 6 heteroatoms. The summed E-state index contributed by atoms with van der Waals surface area (Å²) in [6.45, 7) is 3.39. The predicted octanol–water partition coefficient (Wildman–Crippen LogP) is -1.01. The summed E-state index contributed by atoms with van der Waals surface area (Å²) in [5.41, 5.74) is 0. The number of carbonyl (C=O) groups is 1. The minimum atomic E-state index is -1.63. The summed E-state index contributed by atoms with van der Waals surface area (Å²) in [7, 11) is 0. The molecule has 0 unspecified atom stereocenters. The summed E-state index contributed by atoms with van der Waals surface area (Å²) in [5.74, 6) is -0.883. The molecule has 1 aliphatic heterocycles. The number of hydrogen-bond acceptors (Lipinski definition) is 6. The molecule has 0 aromatic rings. The van der Waals surface area contributed by atoms with Crippen LogP contribution in [0.25, 0.3) is 0 Å². The van der Waals surface area contributed by atoms with Crippen LogP contribution in [0.5, 0.6) is 0 Å². The maximum atomic E-state index is 11.0. The van der Waals surface area contributed by atoms with Gasteiger partial charge in [0, 0.05) is 0 Å². The molecule has 0 aliphatic carbocycles. The number of aliphatic hydroxyl groups excluding tert-OH is 2. The molecule has 0 aromatic carbocycles. The van der Waals surface area contributed by atoms with Crippen molar-refractivity contribution in [3.05, 3.63) is 0 Å². The average Bonchev–Trinajstić information content (AvgIpc) is 2.11. The van der Waals surface area contributed by atoms with Crippen molar-refractivity contribution in [2.45, 2.75) is 38.6 Å². The molecular formula is C8H14O6. The molecule has 82 valence electrons. The highest BCUT2D eigenvalue weighted by molar-refractivity contribution is 5.75. The summed E-state index contributed by atoms with van der Waals surface area (Å²) in [5, 5.41) is 18.6. The van der Waals surface area contributed by atoms with Crippen LogP contribution in [-0.2, 0) is 19.0 Å². The van der Waals surface area contributed by atoms with Gasteiger partial charge in [-0.25, -0.2) is 4.79 Å². The summed E-state index contributed by atoms with van der Waals surface area (Å²) in [6, 6.07) is 0. The van der Waals surface area contributed by atoms with E-state index < -0.39 is 30.8 Å². The standard InChI is InChI=1S/C8H14O6/c1-3-12-7(11)5(9)6(10)8-13-4(2)14-8/h4-6,8-10H,3H2,1-2H3/t4?,5-,6-,8?/m0/s1. The zero-order valence-corrected chi connectivity index (χ0v) is 8.04. The molecular weight excluding hydrogens is 192 g/mol. The van der Waals surface area contributed by atoms with Crippen molar-refractivity contribution >= 4 is 5.97 Å². The van der Waals surface area contributed by atoms with E-state index in [1.165, 1.54) is 0 Å². The van der Waals surface area contributed by atoms with Gasteiger partial charge in [-0.05, 0) is 13.8 Å². The topological polar surface area (TPSA) is 85.2 Å². The van der Waals surface area contributed by atoms with Crippen LogP contribution in [0.3, 0.4) is 0 Å². The Morgan fingerprint density at radius 2 is 2.07 bits per heavy atom. The first-order valence-corrected chi connectivity index (χ1v) is 4.40. The number of aliphatic hydroxyl groups is 2. The fourth-order valence-corrected chi connectivity index (χ4v) is 1.06. The molecule has 1 rings (SSSR count). The average molecular weight is 206 g/mol. The van der Waals surface area contributed by atoms with Gasteiger partial charge in [-0.15, -0.1) is 0 Å². The van der Waals surface area contributed by atoms with E-state index in [1.807, 2.05) is 0 Å². The summed E-state index contributed by atoms with van der Waals surface area (Å²) >= 11 is 0. The minimum absolute atomic E-state index is 0.144.